The summed E-state index contributed by atoms with van der Waals surface area (Å²) < 4.78 is 27.1. The Hall–Kier alpha value is -1.40. The molecule has 0 unspecified atom stereocenters. The molecule has 21 heavy (non-hydrogen) atoms. The van der Waals surface area contributed by atoms with Crippen LogP contribution in [-0.4, -0.2) is 26.0 Å². The molecule has 1 aromatic carbocycles. The third-order valence-corrected chi connectivity index (χ3v) is 5.56. The zero-order chi connectivity index (χ0) is 15.5. The number of aliphatic carboxylic acids is 1. The molecule has 116 valence electrons. The molecular weight excluding hydrogens is 290 g/mol. The van der Waals surface area contributed by atoms with Gasteiger partial charge in [0, 0.05) is 6.54 Å². The Morgan fingerprint density at radius 1 is 1.29 bits per heavy atom. The predicted molar refractivity (Wildman–Crippen MR) is 79.5 cm³/mol. The Labute approximate surface area is 125 Å². The topological polar surface area (TPSA) is 83.5 Å². The van der Waals surface area contributed by atoms with Crippen LogP contribution >= 0.6 is 0 Å². The number of aryl methyl sites for hydroxylation is 1. The molecule has 0 amide bonds. The molecule has 2 rings (SSSR count). The average molecular weight is 311 g/mol. The van der Waals surface area contributed by atoms with Crippen LogP contribution in [0.2, 0.25) is 0 Å². The minimum atomic E-state index is -3.67. The molecule has 1 aliphatic rings. The SMILES string of the molecule is Cc1cccc(S(=O)(=O)NCC2(C(=O)O)CCCCC2)c1. The van der Waals surface area contributed by atoms with Gasteiger partial charge in [0.15, 0.2) is 0 Å². The summed E-state index contributed by atoms with van der Waals surface area (Å²) in [4.78, 5) is 11.7. The van der Waals surface area contributed by atoms with E-state index in [4.69, 9.17) is 0 Å². The normalized spacial score (nSPS) is 18.3. The molecule has 0 heterocycles. The van der Waals surface area contributed by atoms with Crippen molar-refractivity contribution >= 4 is 16.0 Å². The number of carboxylic acids is 1. The fraction of sp³-hybridized carbons (Fsp3) is 0.533. The first-order valence-electron chi connectivity index (χ1n) is 7.15. The maximum Gasteiger partial charge on any atom is 0.310 e. The van der Waals surface area contributed by atoms with E-state index in [9.17, 15) is 18.3 Å². The molecule has 1 aromatic rings. The molecule has 0 radical (unpaired) electrons. The highest BCUT2D eigenvalue weighted by Crippen LogP contribution is 2.36. The summed E-state index contributed by atoms with van der Waals surface area (Å²) in [6.45, 7) is 1.78. The molecule has 2 N–H and O–H groups in total. The number of carbonyl (C=O) groups is 1. The number of rotatable bonds is 5. The molecule has 1 fully saturated rings. The highest BCUT2D eigenvalue weighted by atomic mass is 32.2. The Morgan fingerprint density at radius 3 is 2.52 bits per heavy atom. The molecule has 0 aromatic heterocycles. The number of sulfonamides is 1. The van der Waals surface area contributed by atoms with Crippen molar-refractivity contribution in [2.75, 3.05) is 6.54 Å². The van der Waals surface area contributed by atoms with Crippen LogP contribution < -0.4 is 4.72 Å². The van der Waals surface area contributed by atoms with E-state index in [-0.39, 0.29) is 11.4 Å². The van der Waals surface area contributed by atoms with E-state index >= 15 is 0 Å². The van der Waals surface area contributed by atoms with Crippen molar-refractivity contribution in [1.82, 2.24) is 4.72 Å². The highest BCUT2D eigenvalue weighted by Gasteiger charge is 2.40. The van der Waals surface area contributed by atoms with Gasteiger partial charge in [-0.2, -0.15) is 0 Å². The molecule has 0 spiro atoms. The van der Waals surface area contributed by atoms with E-state index in [2.05, 4.69) is 4.72 Å². The molecular formula is C15H21NO4S. The van der Waals surface area contributed by atoms with Gasteiger partial charge in [-0.3, -0.25) is 4.79 Å². The van der Waals surface area contributed by atoms with Crippen LogP contribution in [0.4, 0.5) is 0 Å². The lowest BCUT2D eigenvalue weighted by atomic mass is 9.74. The van der Waals surface area contributed by atoms with Crippen LogP contribution in [0.5, 0.6) is 0 Å². The van der Waals surface area contributed by atoms with Gasteiger partial charge in [-0.25, -0.2) is 13.1 Å². The third kappa shape index (κ3) is 3.63. The molecule has 0 aliphatic heterocycles. The third-order valence-electron chi connectivity index (χ3n) is 4.16. The van der Waals surface area contributed by atoms with Gasteiger partial charge in [0.25, 0.3) is 0 Å². The van der Waals surface area contributed by atoms with Crippen LogP contribution in [0.25, 0.3) is 0 Å². The zero-order valence-corrected chi connectivity index (χ0v) is 12.9. The molecule has 1 saturated carbocycles. The van der Waals surface area contributed by atoms with Crippen molar-refractivity contribution in [3.63, 3.8) is 0 Å². The minimum absolute atomic E-state index is 0.0430. The maximum atomic E-state index is 12.3. The average Bonchev–Trinajstić information content (AvgIpc) is 2.46. The van der Waals surface area contributed by atoms with Gasteiger partial charge in [-0.15, -0.1) is 0 Å². The minimum Gasteiger partial charge on any atom is -0.481 e. The predicted octanol–water partition coefficient (Wildman–Crippen LogP) is 2.31. The lowest BCUT2D eigenvalue weighted by Gasteiger charge is -2.33. The zero-order valence-electron chi connectivity index (χ0n) is 12.1. The standard InChI is InChI=1S/C15H21NO4S/c1-12-6-5-7-13(10-12)21(19,20)16-11-15(14(17)18)8-3-2-4-9-15/h5-7,10,16H,2-4,8-9,11H2,1H3,(H,17,18). The fourth-order valence-electron chi connectivity index (χ4n) is 2.79. The second kappa shape index (κ2) is 6.15. The van der Waals surface area contributed by atoms with Gasteiger partial charge in [0.05, 0.1) is 10.3 Å². The second-order valence-electron chi connectivity index (χ2n) is 5.79. The molecule has 6 heteroatoms. The first-order valence-corrected chi connectivity index (χ1v) is 8.64. The van der Waals surface area contributed by atoms with Crippen LogP contribution in [0.15, 0.2) is 29.2 Å². The monoisotopic (exact) mass is 311 g/mol. The van der Waals surface area contributed by atoms with Gasteiger partial charge in [0.2, 0.25) is 10.0 Å². The lowest BCUT2D eigenvalue weighted by molar-refractivity contribution is -0.150. The van der Waals surface area contributed by atoms with E-state index in [1.807, 2.05) is 13.0 Å². The van der Waals surface area contributed by atoms with E-state index in [1.54, 1.807) is 12.1 Å². The second-order valence-corrected chi connectivity index (χ2v) is 7.55. The van der Waals surface area contributed by atoms with Gasteiger partial charge in [-0.05, 0) is 37.5 Å². The summed E-state index contributed by atoms with van der Waals surface area (Å²) in [5.41, 5.74) is -0.113. The van der Waals surface area contributed by atoms with Crippen molar-refractivity contribution < 1.29 is 18.3 Å². The van der Waals surface area contributed by atoms with E-state index < -0.39 is 21.4 Å². The number of nitrogens with one attached hydrogen (secondary N) is 1. The van der Waals surface area contributed by atoms with Crippen LogP contribution in [0, 0.1) is 12.3 Å². The van der Waals surface area contributed by atoms with Gasteiger partial charge < -0.3 is 5.11 Å². The summed E-state index contributed by atoms with van der Waals surface area (Å²) in [6.07, 6.45) is 3.73. The maximum absolute atomic E-state index is 12.3. The first-order chi connectivity index (χ1) is 9.86. The molecule has 0 atom stereocenters. The van der Waals surface area contributed by atoms with Crippen LogP contribution in [-0.2, 0) is 14.8 Å². The van der Waals surface area contributed by atoms with Crippen LogP contribution in [0.1, 0.15) is 37.7 Å². The van der Waals surface area contributed by atoms with Gasteiger partial charge in [-0.1, -0.05) is 31.4 Å². The van der Waals surface area contributed by atoms with Crippen molar-refractivity contribution in [3.05, 3.63) is 29.8 Å². The summed E-state index contributed by atoms with van der Waals surface area (Å²) >= 11 is 0. The smallest absolute Gasteiger partial charge is 0.310 e. The quantitative estimate of drug-likeness (QED) is 0.874. The van der Waals surface area contributed by atoms with Crippen molar-refractivity contribution in [1.29, 1.82) is 0 Å². The number of carboxylic acid groups (broad SMARTS) is 1. The Bertz CT molecular complexity index is 618. The summed E-state index contributed by atoms with van der Waals surface area (Å²) in [7, 11) is -3.67. The van der Waals surface area contributed by atoms with Gasteiger partial charge in [0.1, 0.15) is 0 Å². The first kappa shape index (κ1) is 16.0. The summed E-state index contributed by atoms with van der Waals surface area (Å²) in [6, 6.07) is 6.59. The largest absolute Gasteiger partial charge is 0.481 e. The Kier molecular flexibility index (Phi) is 4.68. The molecule has 0 saturated heterocycles. The number of benzene rings is 1. The van der Waals surface area contributed by atoms with Gasteiger partial charge >= 0.3 is 5.97 Å². The van der Waals surface area contributed by atoms with E-state index in [0.29, 0.717) is 12.8 Å². The summed E-state index contributed by atoms with van der Waals surface area (Å²) in [5.74, 6) is -0.908. The fourth-order valence-corrected chi connectivity index (χ4v) is 4.03. The highest BCUT2D eigenvalue weighted by molar-refractivity contribution is 7.89. The summed E-state index contributed by atoms with van der Waals surface area (Å²) in [5, 5.41) is 9.47. The molecule has 5 nitrogen and oxygen atoms in total. The van der Waals surface area contributed by atoms with E-state index in [0.717, 1.165) is 24.8 Å². The number of hydrogen-bond donors (Lipinski definition) is 2. The van der Waals surface area contributed by atoms with Crippen molar-refractivity contribution in [3.8, 4) is 0 Å². The molecule has 1 aliphatic carbocycles. The van der Waals surface area contributed by atoms with Crippen molar-refractivity contribution in [2.24, 2.45) is 5.41 Å². The molecule has 0 bridgehead atoms. The number of hydrogen-bond acceptors (Lipinski definition) is 3. The van der Waals surface area contributed by atoms with Crippen LogP contribution in [0.3, 0.4) is 0 Å². The van der Waals surface area contributed by atoms with E-state index in [1.165, 1.54) is 6.07 Å². The Balaban J connectivity index is 2.15. The Morgan fingerprint density at radius 2 is 1.95 bits per heavy atom. The van der Waals surface area contributed by atoms with Crippen molar-refractivity contribution in [2.45, 2.75) is 43.9 Å². The lowest BCUT2D eigenvalue weighted by Crippen LogP contribution is -2.44.